The Kier molecular flexibility index (Phi) is 4.89. The van der Waals surface area contributed by atoms with Crippen molar-refractivity contribution in [2.75, 3.05) is 27.4 Å². The molecule has 0 spiro atoms. The standard InChI is InChI=1S/C11H21N3O3/c1-11(2,17-4)7-8-9(15)14-10(13-8)12-5-6-16-3/h8H,5-7H2,1-4H3,(H2,12,13,14,15). The third-order valence-corrected chi connectivity index (χ3v) is 2.68. The highest BCUT2D eigenvalue weighted by molar-refractivity contribution is 6.06. The van der Waals surface area contributed by atoms with Gasteiger partial charge in [0.2, 0.25) is 5.91 Å². The smallest absolute Gasteiger partial charge is 0.249 e. The highest BCUT2D eigenvalue weighted by Gasteiger charge is 2.33. The van der Waals surface area contributed by atoms with E-state index in [9.17, 15) is 4.79 Å². The van der Waals surface area contributed by atoms with Crippen LogP contribution in [0, 0.1) is 0 Å². The maximum atomic E-state index is 11.7. The minimum absolute atomic E-state index is 0.0636. The van der Waals surface area contributed by atoms with Gasteiger partial charge in [0.05, 0.1) is 18.8 Å². The van der Waals surface area contributed by atoms with Gasteiger partial charge in [-0.25, -0.2) is 0 Å². The summed E-state index contributed by atoms with van der Waals surface area (Å²) in [6.45, 7) is 4.96. The highest BCUT2D eigenvalue weighted by Crippen LogP contribution is 2.17. The van der Waals surface area contributed by atoms with E-state index in [1.807, 2.05) is 13.8 Å². The molecule has 1 aliphatic rings. The molecule has 0 aliphatic carbocycles. The summed E-state index contributed by atoms with van der Waals surface area (Å²) in [4.78, 5) is 15.8. The monoisotopic (exact) mass is 243 g/mol. The van der Waals surface area contributed by atoms with Crippen LogP contribution in [0.3, 0.4) is 0 Å². The van der Waals surface area contributed by atoms with Crippen molar-refractivity contribution in [1.82, 2.24) is 10.6 Å². The van der Waals surface area contributed by atoms with Crippen LogP contribution in [-0.2, 0) is 14.3 Å². The van der Waals surface area contributed by atoms with Gasteiger partial charge in [-0.2, -0.15) is 0 Å². The van der Waals surface area contributed by atoms with Gasteiger partial charge in [0.15, 0.2) is 5.96 Å². The first-order valence-corrected chi connectivity index (χ1v) is 5.64. The molecule has 0 aromatic heterocycles. The number of hydrogen-bond acceptors (Lipinski definition) is 4. The number of ether oxygens (including phenoxy) is 2. The maximum absolute atomic E-state index is 11.7. The van der Waals surface area contributed by atoms with E-state index in [1.54, 1.807) is 14.2 Å². The molecule has 1 rings (SSSR count). The summed E-state index contributed by atoms with van der Waals surface area (Å²) < 4.78 is 10.2. The number of rotatable bonds is 6. The molecule has 0 saturated carbocycles. The third-order valence-electron chi connectivity index (χ3n) is 2.68. The molecular formula is C11H21N3O3. The molecule has 98 valence electrons. The molecule has 0 aromatic carbocycles. The van der Waals surface area contributed by atoms with Gasteiger partial charge >= 0.3 is 0 Å². The zero-order chi connectivity index (χ0) is 12.9. The van der Waals surface area contributed by atoms with Crippen molar-refractivity contribution in [3.63, 3.8) is 0 Å². The zero-order valence-corrected chi connectivity index (χ0v) is 10.9. The van der Waals surface area contributed by atoms with Gasteiger partial charge in [0.25, 0.3) is 0 Å². The van der Waals surface area contributed by atoms with Gasteiger partial charge < -0.3 is 14.8 Å². The molecule has 1 fully saturated rings. The van der Waals surface area contributed by atoms with Crippen molar-refractivity contribution in [3.8, 4) is 0 Å². The van der Waals surface area contributed by atoms with Gasteiger partial charge in [0, 0.05) is 20.6 Å². The fourth-order valence-electron chi connectivity index (χ4n) is 1.52. The lowest BCUT2D eigenvalue weighted by molar-refractivity contribution is -0.121. The quantitative estimate of drug-likeness (QED) is 0.639. The van der Waals surface area contributed by atoms with Crippen LogP contribution < -0.4 is 10.6 Å². The van der Waals surface area contributed by atoms with Crippen LogP contribution in [0.4, 0.5) is 0 Å². The first-order valence-electron chi connectivity index (χ1n) is 5.64. The summed E-state index contributed by atoms with van der Waals surface area (Å²) in [5.74, 6) is 0.454. The summed E-state index contributed by atoms with van der Waals surface area (Å²) in [6.07, 6.45) is 0.596. The van der Waals surface area contributed by atoms with Crippen molar-refractivity contribution >= 4 is 11.9 Å². The predicted octanol–water partition coefficient (Wildman–Crippen LogP) is -0.108. The molecule has 0 bridgehead atoms. The summed E-state index contributed by atoms with van der Waals surface area (Å²) >= 11 is 0. The number of aliphatic imine (C=N–C) groups is 1. The number of guanidine groups is 1. The molecule has 1 atom stereocenters. The van der Waals surface area contributed by atoms with E-state index in [2.05, 4.69) is 15.6 Å². The molecule has 1 amide bonds. The lowest BCUT2D eigenvalue weighted by atomic mass is 9.99. The Morgan fingerprint density at radius 1 is 1.41 bits per heavy atom. The number of methoxy groups -OCH3 is 2. The van der Waals surface area contributed by atoms with E-state index < -0.39 is 0 Å². The number of nitrogens with one attached hydrogen (secondary N) is 2. The van der Waals surface area contributed by atoms with Crippen molar-refractivity contribution in [1.29, 1.82) is 0 Å². The third kappa shape index (κ3) is 4.32. The predicted molar refractivity (Wildman–Crippen MR) is 64.9 cm³/mol. The molecule has 1 unspecified atom stereocenters. The van der Waals surface area contributed by atoms with E-state index in [-0.39, 0.29) is 17.6 Å². The molecule has 0 radical (unpaired) electrons. The van der Waals surface area contributed by atoms with Crippen LogP contribution in [-0.4, -0.2) is 50.9 Å². The summed E-state index contributed by atoms with van der Waals surface area (Å²) in [5.41, 5.74) is -0.336. The first-order chi connectivity index (χ1) is 7.98. The average molecular weight is 243 g/mol. The molecule has 1 heterocycles. The number of amides is 1. The fourth-order valence-corrected chi connectivity index (χ4v) is 1.52. The first kappa shape index (κ1) is 13.9. The molecule has 1 aliphatic heterocycles. The van der Waals surface area contributed by atoms with E-state index >= 15 is 0 Å². The van der Waals surface area contributed by atoms with Crippen molar-refractivity contribution in [3.05, 3.63) is 0 Å². The van der Waals surface area contributed by atoms with Crippen LogP contribution in [0.1, 0.15) is 20.3 Å². The van der Waals surface area contributed by atoms with E-state index in [0.717, 1.165) is 0 Å². The van der Waals surface area contributed by atoms with Crippen molar-refractivity contribution in [2.45, 2.75) is 31.9 Å². The second-order valence-electron chi connectivity index (χ2n) is 4.58. The number of carbonyl (C=O) groups excluding carboxylic acids is 1. The maximum Gasteiger partial charge on any atom is 0.249 e. The summed E-state index contributed by atoms with van der Waals surface area (Å²) in [7, 11) is 3.26. The minimum Gasteiger partial charge on any atom is -0.383 e. The fraction of sp³-hybridized carbons (Fsp3) is 0.818. The van der Waals surface area contributed by atoms with Crippen LogP contribution in [0.2, 0.25) is 0 Å². The number of hydrogen-bond donors (Lipinski definition) is 2. The second-order valence-corrected chi connectivity index (χ2v) is 4.58. The van der Waals surface area contributed by atoms with Crippen LogP contribution in [0.15, 0.2) is 4.99 Å². The van der Waals surface area contributed by atoms with Gasteiger partial charge in [-0.05, 0) is 13.8 Å². The van der Waals surface area contributed by atoms with Crippen molar-refractivity contribution in [2.24, 2.45) is 4.99 Å². The SMILES string of the molecule is COCCN=C1NC(=O)C(CC(C)(C)OC)N1. The molecule has 6 nitrogen and oxygen atoms in total. The molecule has 0 aromatic rings. The van der Waals surface area contributed by atoms with Gasteiger partial charge in [-0.3, -0.25) is 15.1 Å². The Labute approximate surface area is 102 Å². The Bertz CT molecular complexity index is 302. The second kappa shape index (κ2) is 5.97. The Morgan fingerprint density at radius 2 is 2.12 bits per heavy atom. The Morgan fingerprint density at radius 3 is 2.71 bits per heavy atom. The van der Waals surface area contributed by atoms with Crippen LogP contribution >= 0.6 is 0 Å². The summed E-state index contributed by atoms with van der Waals surface area (Å²) in [6, 6.07) is -0.286. The van der Waals surface area contributed by atoms with Gasteiger partial charge in [-0.15, -0.1) is 0 Å². The normalized spacial score (nSPS) is 22.7. The average Bonchev–Trinajstić information content (AvgIpc) is 2.59. The van der Waals surface area contributed by atoms with E-state index in [0.29, 0.717) is 25.5 Å². The van der Waals surface area contributed by atoms with E-state index in [4.69, 9.17) is 9.47 Å². The lowest BCUT2D eigenvalue weighted by Crippen LogP contribution is -2.38. The molecule has 2 N–H and O–H groups in total. The minimum atomic E-state index is -0.336. The topological polar surface area (TPSA) is 72.0 Å². The van der Waals surface area contributed by atoms with E-state index in [1.165, 1.54) is 0 Å². The largest absolute Gasteiger partial charge is 0.383 e. The van der Waals surface area contributed by atoms with Crippen molar-refractivity contribution < 1.29 is 14.3 Å². The molecular weight excluding hydrogens is 222 g/mol. The van der Waals surface area contributed by atoms with Gasteiger partial charge in [0.1, 0.15) is 6.04 Å². The van der Waals surface area contributed by atoms with Crippen LogP contribution in [0.5, 0.6) is 0 Å². The van der Waals surface area contributed by atoms with Gasteiger partial charge in [-0.1, -0.05) is 0 Å². The lowest BCUT2D eigenvalue weighted by Gasteiger charge is -2.25. The molecule has 6 heteroatoms. The zero-order valence-electron chi connectivity index (χ0n) is 10.9. The Hall–Kier alpha value is -1.14. The highest BCUT2D eigenvalue weighted by atomic mass is 16.5. The number of carbonyl (C=O) groups is 1. The molecule has 1 saturated heterocycles. The summed E-state index contributed by atoms with van der Waals surface area (Å²) in [5, 5.41) is 5.74. The van der Waals surface area contributed by atoms with Crippen LogP contribution in [0.25, 0.3) is 0 Å². The molecule has 17 heavy (non-hydrogen) atoms. The number of nitrogens with zero attached hydrogens (tertiary/aromatic N) is 1. The Balaban J connectivity index is 2.50.